The first-order chi connectivity index (χ1) is 10.1. The zero-order valence-electron chi connectivity index (χ0n) is 11.2. The molecule has 0 aromatic heterocycles. The quantitative estimate of drug-likeness (QED) is 0.903. The van der Waals surface area contributed by atoms with Crippen molar-refractivity contribution in [3.8, 4) is 17.2 Å². The lowest BCUT2D eigenvalue weighted by atomic mass is 10.1. The number of para-hydroxylation sites is 1. The Kier molecular flexibility index (Phi) is 3.39. The number of aromatic carboxylic acids is 1. The fraction of sp³-hybridized carbons (Fsp3) is 0.188. The van der Waals surface area contributed by atoms with E-state index in [0.717, 1.165) is 5.75 Å². The van der Waals surface area contributed by atoms with E-state index in [1.165, 1.54) is 12.1 Å². The van der Waals surface area contributed by atoms with Gasteiger partial charge in [0.25, 0.3) is 0 Å². The van der Waals surface area contributed by atoms with Crippen LogP contribution in [0.4, 0.5) is 0 Å². The van der Waals surface area contributed by atoms with Gasteiger partial charge in [0.15, 0.2) is 0 Å². The molecule has 0 fully saturated rings. The van der Waals surface area contributed by atoms with Crippen molar-refractivity contribution in [3.63, 3.8) is 0 Å². The smallest absolute Gasteiger partial charge is 0.335 e. The molecule has 1 atom stereocenters. The molecular formula is C16H14O5. The van der Waals surface area contributed by atoms with Crippen molar-refractivity contribution < 1.29 is 24.5 Å². The maximum atomic E-state index is 11.0. The van der Waals surface area contributed by atoms with E-state index in [-0.39, 0.29) is 17.4 Å². The molecule has 0 saturated carbocycles. The van der Waals surface area contributed by atoms with Gasteiger partial charge >= 0.3 is 5.97 Å². The molecule has 0 saturated heterocycles. The Morgan fingerprint density at radius 2 is 2.05 bits per heavy atom. The van der Waals surface area contributed by atoms with Gasteiger partial charge < -0.3 is 19.7 Å². The van der Waals surface area contributed by atoms with Crippen molar-refractivity contribution in [1.29, 1.82) is 0 Å². The minimum Gasteiger partial charge on any atom is -0.508 e. The number of aromatic hydroxyl groups is 1. The van der Waals surface area contributed by atoms with E-state index in [0.29, 0.717) is 24.3 Å². The van der Waals surface area contributed by atoms with E-state index >= 15 is 0 Å². The normalized spacial score (nSPS) is 16.1. The third-order valence-electron chi connectivity index (χ3n) is 3.34. The lowest BCUT2D eigenvalue weighted by molar-refractivity contribution is 0.0695. The summed E-state index contributed by atoms with van der Waals surface area (Å²) < 4.78 is 11.3. The Morgan fingerprint density at radius 1 is 1.29 bits per heavy atom. The highest BCUT2D eigenvalue weighted by atomic mass is 16.5. The van der Waals surface area contributed by atoms with Gasteiger partial charge in [-0.25, -0.2) is 4.79 Å². The van der Waals surface area contributed by atoms with E-state index in [1.54, 1.807) is 0 Å². The first-order valence-corrected chi connectivity index (χ1v) is 6.57. The van der Waals surface area contributed by atoms with Crippen LogP contribution in [-0.2, 0) is 6.42 Å². The van der Waals surface area contributed by atoms with Gasteiger partial charge in [-0.3, -0.25) is 0 Å². The van der Waals surface area contributed by atoms with Crippen molar-refractivity contribution in [3.05, 3.63) is 53.6 Å². The topological polar surface area (TPSA) is 76.0 Å². The largest absolute Gasteiger partial charge is 0.508 e. The number of rotatable bonds is 4. The fourth-order valence-electron chi connectivity index (χ4n) is 2.31. The summed E-state index contributed by atoms with van der Waals surface area (Å²) in [6, 6.07) is 12.0. The second-order valence-electron chi connectivity index (χ2n) is 4.85. The molecule has 2 aromatic rings. The second-order valence-corrected chi connectivity index (χ2v) is 4.85. The van der Waals surface area contributed by atoms with Gasteiger partial charge in [0.05, 0.1) is 5.56 Å². The molecule has 0 spiro atoms. The number of carbonyl (C=O) groups is 1. The summed E-state index contributed by atoms with van der Waals surface area (Å²) in [5.74, 6) is 0.00867. The van der Waals surface area contributed by atoms with Crippen LogP contribution in [-0.4, -0.2) is 28.9 Å². The number of benzene rings is 2. The molecule has 2 aromatic carbocycles. The maximum absolute atomic E-state index is 11.0. The van der Waals surface area contributed by atoms with Crippen LogP contribution < -0.4 is 9.47 Å². The summed E-state index contributed by atoms with van der Waals surface area (Å²) in [4.78, 5) is 11.0. The van der Waals surface area contributed by atoms with E-state index in [9.17, 15) is 9.90 Å². The lowest BCUT2D eigenvalue weighted by Crippen LogP contribution is -2.22. The SMILES string of the molecule is O=C(O)c1cc(O)c2c(c1)OC(COc1ccccc1)C2. The zero-order chi connectivity index (χ0) is 14.8. The third kappa shape index (κ3) is 2.76. The fourth-order valence-corrected chi connectivity index (χ4v) is 2.31. The van der Waals surface area contributed by atoms with Gasteiger partial charge in [-0.2, -0.15) is 0 Å². The Labute approximate surface area is 121 Å². The molecule has 0 aliphatic carbocycles. The van der Waals surface area contributed by atoms with Gasteiger partial charge in [-0.1, -0.05) is 18.2 Å². The molecule has 5 heteroatoms. The highest BCUT2D eigenvalue weighted by Gasteiger charge is 2.27. The number of ether oxygens (including phenoxy) is 2. The summed E-state index contributed by atoms with van der Waals surface area (Å²) in [5.41, 5.74) is 0.637. The van der Waals surface area contributed by atoms with Crippen molar-refractivity contribution >= 4 is 5.97 Å². The molecule has 21 heavy (non-hydrogen) atoms. The van der Waals surface area contributed by atoms with Crippen LogP contribution in [0.25, 0.3) is 0 Å². The highest BCUT2D eigenvalue weighted by molar-refractivity contribution is 5.89. The van der Waals surface area contributed by atoms with Crippen molar-refractivity contribution in [1.82, 2.24) is 0 Å². The number of phenols is 1. The first-order valence-electron chi connectivity index (χ1n) is 6.57. The number of hydrogen-bond acceptors (Lipinski definition) is 4. The van der Waals surface area contributed by atoms with Gasteiger partial charge in [0.1, 0.15) is 30.0 Å². The molecule has 1 heterocycles. The minimum atomic E-state index is -1.10. The Hall–Kier alpha value is -2.69. The first kappa shape index (κ1) is 13.3. The van der Waals surface area contributed by atoms with Crippen LogP contribution in [0.15, 0.2) is 42.5 Å². The molecule has 0 bridgehead atoms. The van der Waals surface area contributed by atoms with Crippen LogP contribution in [0.1, 0.15) is 15.9 Å². The van der Waals surface area contributed by atoms with Crippen molar-refractivity contribution in [2.75, 3.05) is 6.61 Å². The Morgan fingerprint density at radius 3 is 2.76 bits per heavy atom. The third-order valence-corrected chi connectivity index (χ3v) is 3.34. The van der Waals surface area contributed by atoms with Crippen LogP contribution in [0, 0.1) is 0 Å². The van der Waals surface area contributed by atoms with Crippen molar-refractivity contribution in [2.24, 2.45) is 0 Å². The van der Waals surface area contributed by atoms with Crippen LogP contribution >= 0.6 is 0 Å². The average Bonchev–Trinajstić information content (AvgIpc) is 2.90. The molecule has 1 unspecified atom stereocenters. The van der Waals surface area contributed by atoms with E-state index in [2.05, 4.69) is 0 Å². The Balaban J connectivity index is 1.70. The van der Waals surface area contributed by atoms with E-state index in [4.69, 9.17) is 14.6 Å². The van der Waals surface area contributed by atoms with Crippen LogP contribution in [0.2, 0.25) is 0 Å². The molecule has 1 aliphatic rings. The average molecular weight is 286 g/mol. The highest BCUT2D eigenvalue weighted by Crippen LogP contribution is 2.37. The van der Waals surface area contributed by atoms with Crippen molar-refractivity contribution in [2.45, 2.75) is 12.5 Å². The Bertz CT molecular complexity index is 666. The molecular weight excluding hydrogens is 272 g/mol. The number of fused-ring (bicyclic) bond motifs is 1. The molecule has 3 rings (SSSR count). The lowest BCUT2D eigenvalue weighted by Gasteiger charge is -2.12. The van der Waals surface area contributed by atoms with Crippen LogP contribution in [0.5, 0.6) is 17.2 Å². The molecule has 0 amide bonds. The predicted octanol–water partition coefficient (Wildman–Crippen LogP) is 2.47. The minimum absolute atomic E-state index is 0.0101. The summed E-state index contributed by atoms with van der Waals surface area (Å²) in [6.07, 6.45) is 0.253. The monoisotopic (exact) mass is 286 g/mol. The van der Waals surface area contributed by atoms with Gasteiger partial charge in [0, 0.05) is 12.0 Å². The summed E-state index contributed by atoms with van der Waals surface area (Å²) >= 11 is 0. The van der Waals surface area contributed by atoms with Gasteiger partial charge in [0.2, 0.25) is 0 Å². The number of carboxylic acids is 1. The maximum Gasteiger partial charge on any atom is 0.335 e. The summed E-state index contributed by atoms with van der Waals surface area (Å²) in [6.45, 7) is 0.334. The van der Waals surface area contributed by atoms with Crippen LogP contribution in [0.3, 0.4) is 0 Å². The number of phenolic OH excluding ortho intramolecular Hbond substituents is 1. The van der Waals surface area contributed by atoms with Gasteiger partial charge in [-0.05, 0) is 24.3 Å². The molecule has 108 valence electrons. The number of carboxylic acid groups (broad SMARTS) is 1. The summed E-state index contributed by atoms with van der Waals surface area (Å²) in [5, 5.41) is 18.8. The summed E-state index contributed by atoms with van der Waals surface area (Å²) in [7, 11) is 0. The molecule has 0 radical (unpaired) electrons. The molecule has 5 nitrogen and oxygen atoms in total. The zero-order valence-corrected chi connectivity index (χ0v) is 11.2. The predicted molar refractivity (Wildman–Crippen MR) is 75.1 cm³/mol. The number of hydrogen-bond donors (Lipinski definition) is 2. The molecule has 1 aliphatic heterocycles. The molecule has 2 N–H and O–H groups in total. The van der Waals surface area contributed by atoms with E-state index in [1.807, 2.05) is 30.3 Å². The van der Waals surface area contributed by atoms with Gasteiger partial charge in [-0.15, -0.1) is 0 Å². The van der Waals surface area contributed by atoms with E-state index < -0.39 is 5.97 Å². The second kappa shape index (κ2) is 5.36. The standard InChI is InChI=1S/C16H14O5/c17-14-6-10(16(18)19)7-15-13(14)8-12(21-15)9-20-11-4-2-1-3-5-11/h1-7,12,17H,8-9H2,(H,18,19).